The summed E-state index contributed by atoms with van der Waals surface area (Å²) in [5.74, 6) is 0.526. The van der Waals surface area contributed by atoms with Crippen molar-refractivity contribution in [1.29, 1.82) is 0 Å². The number of rotatable bonds is 8. The van der Waals surface area contributed by atoms with E-state index in [1.54, 1.807) is 37.4 Å². The van der Waals surface area contributed by atoms with Crippen molar-refractivity contribution in [1.82, 2.24) is 10.3 Å². The van der Waals surface area contributed by atoms with Gasteiger partial charge in [-0.05, 0) is 72.9 Å². The number of carbonyl (C=O) groups is 2. The molecule has 2 amide bonds. The number of ether oxygens (including phenoxy) is 2. The molecule has 1 fully saturated rings. The minimum Gasteiger partial charge on any atom is -0.507 e. The van der Waals surface area contributed by atoms with Gasteiger partial charge >= 0.3 is 0 Å². The molecule has 3 aromatic carbocycles. The van der Waals surface area contributed by atoms with Gasteiger partial charge in [0.1, 0.15) is 12.4 Å². The van der Waals surface area contributed by atoms with Crippen LogP contribution < -0.4 is 14.9 Å². The van der Waals surface area contributed by atoms with Gasteiger partial charge in [-0.1, -0.05) is 24.3 Å². The molecule has 1 heterocycles. The minimum atomic E-state index is -0.514. The van der Waals surface area contributed by atoms with Crippen molar-refractivity contribution in [2.75, 3.05) is 20.2 Å². The lowest BCUT2D eigenvalue weighted by molar-refractivity contribution is 0.0724. The van der Waals surface area contributed by atoms with Crippen molar-refractivity contribution in [3.05, 3.63) is 89.0 Å². The molecule has 0 unspecified atom stereocenters. The van der Waals surface area contributed by atoms with Crippen LogP contribution in [-0.2, 0) is 6.61 Å². The van der Waals surface area contributed by atoms with Gasteiger partial charge in [0, 0.05) is 18.7 Å². The molecule has 0 aromatic heterocycles. The number of nitrogens with zero attached hydrogens (tertiary/aromatic N) is 2. The summed E-state index contributed by atoms with van der Waals surface area (Å²) in [5.41, 5.74) is 4.85. The number of phenolic OH excluding ortho intramolecular Hbond substituents is 1. The Labute approximate surface area is 210 Å². The number of hydrogen-bond acceptors (Lipinski definition) is 6. The highest BCUT2D eigenvalue weighted by Gasteiger charge is 2.18. The lowest BCUT2D eigenvalue weighted by Gasteiger charge is -2.26. The fourth-order valence-electron chi connectivity index (χ4n) is 3.96. The molecule has 2 N–H and O–H groups in total. The Kier molecular flexibility index (Phi) is 8.18. The van der Waals surface area contributed by atoms with Crippen LogP contribution in [0.25, 0.3) is 0 Å². The van der Waals surface area contributed by atoms with Crippen LogP contribution in [0.15, 0.2) is 71.8 Å². The van der Waals surface area contributed by atoms with Gasteiger partial charge in [-0.15, -0.1) is 0 Å². The van der Waals surface area contributed by atoms with Gasteiger partial charge in [0.15, 0.2) is 11.5 Å². The number of phenols is 1. The van der Waals surface area contributed by atoms with Gasteiger partial charge in [0.05, 0.1) is 18.9 Å². The number of amides is 2. The zero-order chi connectivity index (χ0) is 25.3. The molecule has 1 aliphatic heterocycles. The van der Waals surface area contributed by atoms with Gasteiger partial charge < -0.3 is 19.5 Å². The summed E-state index contributed by atoms with van der Waals surface area (Å²) in [6.07, 6.45) is 4.80. The highest BCUT2D eigenvalue weighted by Crippen LogP contribution is 2.28. The van der Waals surface area contributed by atoms with Crippen molar-refractivity contribution in [2.45, 2.75) is 25.9 Å². The molecule has 0 saturated carbocycles. The average Bonchev–Trinajstić information content (AvgIpc) is 2.92. The number of likely N-dealkylation sites (tertiary alicyclic amines) is 1. The largest absolute Gasteiger partial charge is 0.507 e. The summed E-state index contributed by atoms with van der Waals surface area (Å²) in [5, 5.41) is 13.7. The first-order valence-corrected chi connectivity index (χ1v) is 11.9. The van der Waals surface area contributed by atoms with Crippen LogP contribution in [0.2, 0.25) is 0 Å². The van der Waals surface area contributed by atoms with Crippen LogP contribution in [0.1, 0.15) is 51.1 Å². The van der Waals surface area contributed by atoms with E-state index in [4.69, 9.17) is 9.47 Å². The molecule has 8 nitrogen and oxygen atoms in total. The SMILES string of the molecule is COc1cc(C=NNC(=O)c2ccccc2O)ccc1OCc1ccc(C(=O)N2CCCCC2)cc1. The van der Waals surface area contributed by atoms with Crippen molar-refractivity contribution < 1.29 is 24.2 Å². The van der Waals surface area contributed by atoms with E-state index in [-0.39, 0.29) is 17.2 Å². The molecule has 1 aliphatic rings. The molecular weight excluding hydrogens is 458 g/mol. The van der Waals surface area contributed by atoms with E-state index in [0.29, 0.717) is 29.2 Å². The second-order valence-electron chi connectivity index (χ2n) is 8.47. The van der Waals surface area contributed by atoms with Gasteiger partial charge in [-0.3, -0.25) is 9.59 Å². The Balaban J connectivity index is 1.33. The first-order chi connectivity index (χ1) is 17.5. The molecule has 36 heavy (non-hydrogen) atoms. The minimum absolute atomic E-state index is 0.0813. The summed E-state index contributed by atoms with van der Waals surface area (Å²) < 4.78 is 11.4. The normalized spacial score (nSPS) is 13.4. The number of piperidine rings is 1. The summed E-state index contributed by atoms with van der Waals surface area (Å²) in [6.45, 7) is 1.97. The molecule has 1 saturated heterocycles. The van der Waals surface area contributed by atoms with Gasteiger partial charge in [-0.2, -0.15) is 5.10 Å². The van der Waals surface area contributed by atoms with E-state index >= 15 is 0 Å². The lowest BCUT2D eigenvalue weighted by atomic mass is 10.1. The Morgan fingerprint density at radius 3 is 2.47 bits per heavy atom. The first kappa shape index (κ1) is 24.8. The summed E-state index contributed by atoms with van der Waals surface area (Å²) in [7, 11) is 1.55. The lowest BCUT2D eigenvalue weighted by Crippen LogP contribution is -2.35. The van der Waals surface area contributed by atoms with Gasteiger partial charge in [0.2, 0.25) is 0 Å². The smallest absolute Gasteiger partial charge is 0.275 e. The Hall–Kier alpha value is -4.33. The van der Waals surface area contributed by atoms with Crippen LogP contribution in [0.3, 0.4) is 0 Å². The second kappa shape index (κ2) is 11.9. The molecule has 0 spiro atoms. The number of benzene rings is 3. The molecular formula is C28H29N3O5. The number of para-hydroxylation sites is 1. The van der Waals surface area contributed by atoms with E-state index in [1.165, 1.54) is 24.8 Å². The predicted molar refractivity (Wildman–Crippen MR) is 137 cm³/mol. The van der Waals surface area contributed by atoms with Crippen molar-refractivity contribution in [2.24, 2.45) is 5.10 Å². The van der Waals surface area contributed by atoms with E-state index in [1.807, 2.05) is 29.2 Å². The van der Waals surface area contributed by atoms with Crippen molar-refractivity contribution in [3.63, 3.8) is 0 Å². The average molecular weight is 488 g/mol. The van der Waals surface area contributed by atoms with Crippen molar-refractivity contribution in [3.8, 4) is 17.2 Å². The number of carbonyl (C=O) groups excluding carboxylic acids is 2. The third-order valence-corrected chi connectivity index (χ3v) is 5.95. The Morgan fingerprint density at radius 2 is 1.75 bits per heavy atom. The molecule has 186 valence electrons. The summed E-state index contributed by atoms with van der Waals surface area (Å²) in [4.78, 5) is 26.7. The van der Waals surface area contributed by atoms with E-state index < -0.39 is 5.91 Å². The standard InChI is InChI=1S/C28H29N3O5/c1-35-26-17-21(18-29-30-27(33)23-7-3-4-8-24(23)32)11-14-25(26)36-19-20-9-12-22(13-10-20)28(34)31-15-5-2-6-16-31/h3-4,7-14,17-18,32H,2,5-6,15-16,19H2,1H3,(H,30,33). The van der Waals surface area contributed by atoms with Gasteiger partial charge in [-0.25, -0.2) is 5.43 Å². The van der Waals surface area contributed by atoms with Crippen LogP contribution in [0, 0.1) is 0 Å². The van der Waals surface area contributed by atoms with Crippen LogP contribution >= 0.6 is 0 Å². The predicted octanol–water partition coefficient (Wildman–Crippen LogP) is 4.37. The highest BCUT2D eigenvalue weighted by atomic mass is 16.5. The highest BCUT2D eigenvalue weighted by molar-refractivity contribution is 5.97. The fourth-order valence-corrected chi connectivity index (χ4v) is 3.96. The topological polar surface area (TPSA) is 100 Å². The Bertz CT molecular complexity index is 1230. The molecule has 3 aromatic rings. The van der Waals surface area contributed by atoms with E-state index in [9.17, 15) is 14.7 Å². The summed E-state index contributed by atoms with van der Waals surface area (Å²) in [6, 6.07) is 19.0. The number of hydrogen-bond donors (Lipinski definition) is 2. The zero-order valence-corrected chi connectivity index (χ0v) is 20.1. The molecule has 4 rings (SSSR count). The second-order valence-corrected chi connectivity index (χ2v) is 8.47. The van der Waals surface area contributed by atoms with E-state index in [2.05, 4.69) is 10.5 Å². The summed E-state index contributed by atoms with van der Waals surface area (Å²) >= 11 is 0. The molecule has 0 radical (unpaired) electrons. The number of methoxy groups -OCH3 is 1. The zero-order valence-electron chi connectivity index (χ0n) is 20.1. The van der Waals surface area contributed by atoms with Crippen molar-refractivity contribution >= 4 is 18.0 Å². The number of aromatic hydroxyl groups is 1. The molecule has 8 heteroatoms. The van der Waals surface area contributed by atoms with Crippen LogP contribution in [0.4, 0.5) is 0 Å². The van der Waals surface area contributed by atoms with Crippen LogP contribution in [0.5, 0.6) is 17.2 Å². The fraction of sp³-hybridized carbons (Fsp3) is 0.250. The first-order valence-electron chi connectivity index (χ1n) is 11.9. The van der Waals surface area contributed by atoms with Crippen LogP contribution in [-0.4, -0.2) is 48.2 Å². The third-order valence-electron chi connectivity index (χ3n) is 5.95. The monoisotopic (exact) mass is 487 g/mol. The maximum absolute atomic E-state index is 12.6. The van der Waals surface area contributed by atoms with E-state index in [0.717, 1.165) is 31.5 Å². The maximum atomic E-state index is 12.6. The maximum Gasteiger partial charge on any atom is 0.275 e. The third kappa shape index (κ3) is 6.21. The number of hydrazone groups is 1. The quantitative estimate of drug-likeness (QED) is 0.363. The molecule has 0 aliphatic carbocycles. The molecule has 0 atom stereocenters. The number of nitrogens with one attached hydrogen (secondary N) is 1. The molecule has 0 bridgehead atoms. The Morgan fingerprint density at radius 1 is 1.00 bits per heavy atom. The van der Waals surface area contributed by atoms with Gasteiger partial charge in [0.25, 0.3) is 11.8 Å².